The van der Waals surface area contributed by atoms with Crippen molar-refractivity contribution in [3.8, 4) is 0 Å². The van der Waals surface area contributed by atoms with Crippen molar-refractivity contribution in [2.45, 2.75) is 6.92 Å². The zero-order valence-electron chi connectivity index (χ0n) is 17.2. The molecule has 3 aromatic rings. The zero-order chi connectivity index (χ0) is 23.7. The van der Waals surface area contributed by atoms with Crippen LogP contribution >= 0.6 is 34.8 Å². The second-order valence-corrected chi connectivity index (χ2v) is 8.54. The minimum absolute atomic E-state index is 0.0883. The van der Waals surface area contributed by atoms with E-state index in [1.165, 1.54) is 18.2 Å². The lowest BCUT2D eigenvalue weighted by Crippen LogP contribution is -2.32. The molecule has 33 heavy (non-hydrogen) atoms. The van der Waals surface area contributed by atoms with E-state index in [0.29, 0.717) is 16.9 Å². The predicted molar refractivity (Wildman–Crippen MR) is 131 cm³/mol. The first-order valence-corrected chi connectivity index (χ1v) is 10.9. The molecule has 3 amide bonds. The molecule has 0 saturated heterocycles. The highest BCUT2D eigenvalue weighted by molar-refractivity contribution is 6.53. The van der Waals surface area contributed by atoms with Crippen molar-refractivity contribution < 1.29 is 14.4 Å². The summed E-state index contributed by atoms with van der Waals surface area (Å²) in [5.74, 6) is -1.63. The van der Waals surface area contributed by atoms with E-state index in [2.05, 4.69) is 10.6 Å². The summed E-state index contributed by atoms with van der Waals surface area (Å²) >= 11 is 18.1. The van der Waals surface area contributed by atoms with Gasteiger partial charge in [-0.15, -0.1) is 0 Å². The number of hydrogen-bond acceptors (Lipinski definition) is 4. The van der Waals surface area contributed by atoms with Crippen molar-refractivity contribution in [1.82, 2.24) is 0 Å². The summed E-state index contributed by atoms with van der Waals surface area (Å²) in [7, 11) is 0. The SMILES string of the molecule is Cc1ccc(NC(=O)c2ccc(NC3=C(Cl)C(=O)N(c4cc(Cl)cc(Cl)c4)C3=O)cc2)cc1. The van der Waals surface area contributed by atoms with Gasteiger partial charge in [0.15, 0.2) is 0 Å². The third-order valence-corrected chi connectivity index (χ3v) is 5.65. The molecule has 1 heterocycles. The van der Waals surface area contributed by atoms with Crippen molar-refractivity contribution in [3.05, 3.63) is 98.6 Å². The Hall–Kier alpha value is -3.32. The summed E-state index contributed by atoms with van der Waals surface area (Å²) in [5, 5.41) is 5.95. The smallest absolute Gasteiger partial charge is 0.283 e. The summed E-state index contributed by atoms with van der Waals surface area (Å²) in [6.07, 6.45) is 0. The summed E-state index contributed by atoms with van der Waals surface area (Å²) < 4.78 is 0. The van der Waals surface area contributed by atoms with Gasteiger partial charge in [0.25, 0.3) is 17.7 Å². The van der Waals surface area contributed by atoms with Crippen molar-refractivity contribution >= 4 is 69.6 Å². The second kappa shape index (κ2) is 9.27. The Labute approximate surface area is 204 Å². The summed E-state index contributed by atoms with van der Waals surface area (Å²) in [4.78, 5) is 38.9. The van der Waals surface area contributed by atoms with E-state index in [9.17, 15) is 14.4 Å². The maximum absolute atomic E-state index is 12.9. The van der Waals surface area contributed by atoms with Crippen molar-refractivity contribution in [2.75, 3.05) is 15.5 Å². The van der Waals surface area contributed by atoms with E-state index in [1.54, 1.807) is 24.3 Å². The van der Waals surface area contributed by atoms with Gasteiger partial charge < -0.3 is 10.6 Å². The lowest BCUT2D eigenvalue weighted by Gasteiger charge is -2.16. The topological polar surface area (TPSA) is 78.5 Å². The number of imide groups is 1. The molecule has 0 bridgehead atoms. The number of nitrogens with one attached hydrogen (secondary N) is 2. The third-order valence-electron chi connectivity index (χ3n) is 4.86. The van der Waals surface area contributed by atoms with Crippen LogP contribution in [-0.4, -0.2) is 17.7 Å². The molecule has 1 aliphatic rings. The van der Waals surface area contributed by atoms with Crippen molar-refractivity contribution in [3.63, 3.8) is 0 Å². The number of nitrogens with zero attached hydrogens (tertiary/aromatic N) is 1. The van der Waals surface area contributed by atoms with E-state index in [1.807, 2.05) is 31.2 Å². The van der Waals surface area contributed by atoms with E-state index < -0.39 is 11.8 Å². The van der Waals surface area contributed by atoms with Gasteiger partial charge in [-0.25, -0.2) is 4.90 Å². The largest absolute Gasteiger partial charge is 0.350 e. The monoisotopic (exact) mass is 499 g/mol. The molecule has 0 atom stereocenters. The first-order valence-electron chi connectivity index (χ1n) is 9.72. The number of anilines is 3. The van der Waals surface area contributed by atoms with Crippen molar-refractivity contribution in [2.24, 2.45) is 0 Å². The van der Waals surface area contributed by atoms with Gasteiger partial charge in [-0.2, -0.15) is 0 Å². The molecule has 0 unspecified atom stereocenters. The molecule has 4 rings (SSSR count). The number of hydrogen-bond donors (Lipinski definition) is 2. The highest BCUT2D eigenvalue weighted by atomic mass is 35.5. The average Bonchev–Trinajstić information content (AvgIpc) is 2.98. The van der Waals surface area contributed by atoms with Crippen LogP contribution in [0.3, 0.4) is 0 Å². The predicted octanol–water partition coefficient (Wildman–Crippen LogP) is 5.99. The van der Waals surface area contributed by atoms with Crippen LogP contribution in [0.4, 0.5) is 17.1 Å². The van der Waals surface area contributed by atoms with Crippen LogP contribution in [-0.2, 0) is 9.59 Å². The Balaban J connectivity index is 1.49. The number of rotatable bonds is 5. The molecule has 0 aromatic heterocycles. The zero-order valence-corrected chi connectivity index (χ0v) is 19.4. The number of carbonyl (C=O) groups excluding carboxylic acids is 3. The highest BCUT2D eigenvalue weighted by Gasteiger charge is 2.39. The minimum atomic E-state index is -0.698. The van der Waals surface area contributed by atoms with Crippen LogP contribution in [0, 0.1) is 6.92 Å². The Morgan fingerprint density at radius 3 is 1.97 bits per heavy atom. The minimum Gasteiger partial charge on any atom is -0.350 e. The second-order valence-electron chi connectivity index (χ2n) is 7.28. The Bertz CT molecular complexity index is 1280. The first-order chi connectivity index (χ1) is 15.7. The van der Waals surface area contributed by atoms with Crippen LogP contribution < -0.4 is 15.5 Å². The van der Waals surface area contributed by atoms with Crippen molar-refractivity contribution in [1.29, 1.82) is 0 Å². The number of amides is 3. The number of carbonyl (C=O) groups is 3. The van der Waals surface area contributed by atoms with E-state index in [4.69, 9.17) is 34.8 Å². The van der Waals surface area contributed by atoms with E-state index in [0.717, 1.165) is 10.5 Å². The number of benzene rings is 3. The molecule has 2 N–H and O–H groups in total. The van der Waals surface area contributed by atoms with Gasteiger partial charge in [-0.05, 0) is 61.5 Å². The first kappa shape index (κ1) is 22.9. The van der Waals surface area contributed by atoms with E-state index >= 15 is 0 Å². The lowest BCUT2D eigenvalue weighted by molar-refractivity contribution is -0.120. The molecule has 9 heteroatoms. The maximum Gasteiger partial charge on any atom is 0.283 e. The van der Waals surface area contributed by atoms with Crippen LogP contribution in [0.1, 0.15) is 15.9 Å². The summed E-state index contributed by atoms with van der Waals surface area (Å²) in [6, 6.07) is 18.2. The average molecular weight is 501 g/mol. The fourth-order valence-electron chi connectivity index (χ4n) is 3.20. The van der Waals surface area contributed by atoms with Crippen LogP contribution in [0.25, 0.3) is 0 Å². The van der Waals surface area contributed by atoms with Crippen LogP contribution in [0.15, 0.2) is 77.5 Å². The third kappa shape index (κ3) is 4.88. The van der Waals surface area contributed by atoms with Gasteiger partial charge >= 0.3 is 0 Å². The fraction of sp³-hybridized carbons (Fsp3) is 0.0417. The molecule has 6 nitrogen and oxygen atoms in total. The molecule has 1 aliphatic heterocycles. The lowest BCUT2D eigenvalue weighted by atomic mass is 10.1. The van der Waals surface area contributed by atoms with Gasteiger partial charge in [-0.1, -0.05) is 52.5 Å². The Morgan fingerprint density at radius 1 is 0.788 bits per heavy atom. The highest BCUT2D eigenvalue weighted by Crippen LogP contribution is 2.33. The fourth-order valence-corrected chi connectivity index (χ4v) is 3.93. The van der Waals surface area contributed by atoms with Gasteiger partial charge in [0, 0.05) is 27.0 Å². The Kier molecular flexibility index (Phi) is 6.42. The van der Waals surface area contributed by atoms with Gasteiger partial charge in [-0.3, -0.25) is 14.4 Å². The van der Waals surface area contributed by atoms with Crippen LogP contribution in [0.2, 0.25) is 10.0 Å². The van der Waals surface area contributed by atoms with Crippen LogP contribution in [0.5, 0.6) is 0 Å². The quantitative estimate of drug-likeness (QED) is 0.422. The molecular formula is C24H16Cl3N3O3. The molecular weight excluding hydrogens is 485 g/mol. The standard InChI is InChI=1S/C24H16Cl3N3O3/c1-13-2-6-18(7-3-13)29-22(31)14-4-8-17(9-5-14)28-21-20(27)23(32)30(24(21)33)19-11-15(25)10-16(26)12-19/h2-12,28H,1H3,(H,29,31). The molecule has 0 aliphatic carbocycles. The van der Waals surface area contributed by atoms with Gasteiger partial charge in [0.1, 0.15) is 10.7 Å². The van der Waals surface area contributed by atoms with Gasteiger partial charge in [0.2, 0.25) is 0 Å². The van der Waals surface area contributed by atoms with Gasteiger partial charge in [0.05, 0.1) is 5.69 Å². The Morgan fingerprint density at radius 2 is 1.36 bits per heavy atom. The molecule has 3 aromatic carbocycles. The maximum atomic E-state index is 12.9. The molecule has 0 spiro atoms. The normalized spacial score (nSPS) is 13.5. The van der Waals surface area contributed by atoms with E-state index in [-0.39, 0.29) is 32.4 Å². The summed E-state index contributed by atoms with van der Waals surface area (Å²) in [6.45, 7) is 1.96. The number of aryl methyl sites for hydroxylation is 1. The molecule has 0 saturated carbocycles. The molecule has 0 radical (unpaired) electrons. The molecule has 166 valence electrons. The number of halogens is 3. The molecule has 0 fully saturated rings. The summed E-state index contributed by atoms with van der Waals surface area (Å²) in [5.41, 5.74) is 2.79.